The summed E-state index contributed by atoms with van der Waals surface area (Å²) in [6.45, 7) is 4.78. The van der Waals surface area contributed by atoms with Gasteiger partial charge in [-0.1, -0.05) is 48.0 Å². The Bertz CT molecular complexity index is 505. The molecule has 1 N–H and O–H groups in total. The van der Waals surface area contributed by atoms with Crippen molar-refractivity contribution in [1.82, 2.24) is 4.90 Å². The molecule has 1 aliphatic heterocycles. The fraction of sp³-hybridized carbons (Fsp3) is 0.400. The monoisotopic (exact) mass is 323 g/mol. The SMILES string of the molecule is CC(C)C1(O)CN(C(=O)C=Cc2ccccc2Br)C1. The van der Waals surface area contributed by atoms with Crippen LogP contribution in [0.4, 0.5) is 0 Å². The van der Waals surface area contributed by atoms with E-state index in [0.29, 0.717) is 13.1 Å². The van der Waals surface area contributed by atoms with E-state index >= 15 is 0 Å². The number of amides is 1. The van der Waals surface area contributed by atoms with Crippen LogP contribution in [0.15, 0.2) is 34.8 Å². The maximum absolute atomic E-state index is 11.9. The van der Waals surface area contributed by atoms with Crippen LogP contribution < -0.4 is 0 Å². The summed E-state index contributed by atoms with van der Waals surface area (Å²) in [4.78, 5) is 13.6. The molecular weight excluding hydrogens is 306 g/mol. The maximum Gasteiger partial charge on any atom is 0.246 e. The van der Waals surface area contributed by atoms with Crippen LogP contribution in [0.1, 0.15) is 19.4 Å². The minimum atomic E-state index is -0.711. The highest BCUT2D eigenvalue weighted by molar-refractivity contribution is 9.10. The van der Waals surface area contributed by atoms with Gasteiger partial charge in [0.05, 0.1) is 13.1 Å². The molecular formula is C15H18BrNO2. The summed E-state index contributed by atoms with van der Waals surface area (Å²) in [5.74, 6) is 0.116. The van der Waals surface area contributed by atoms with Crippen LogP contribution in [0.3, 0.4) is 0 Å². The zero-order chi connectivity index (χ0) is 14.0. The summed E-state index contributed by atoms with van der Waals surface area (Å²) in [5.41, 5.74) is 0.257. The number of nitrogens with zero attached hydrogens (tertiary/aromatic N) is 1. The first kappa shape index (κ1) is 14.3. The lowest BCUT2D eigenvalue weighted by atomic mass is 9.83. The average molecular weight is 324 g/mol. The number of halogens is 1. The van der Waals surface area contributed by atoms with Gasteiger partial charge in [-0.15, -0.1) is 0 Å². The molecule has 1 amide bonds. The van der Waals surface area contributed by atoms with Gasteiger partial charge in [-0.25, -0.2) is 0 Å². The molecule has 2 rings (SSSR count). The molecule has 19 heavy (non-hydrogen) atoms. The third-order valence-corrected chi connectivity index (χ3v) is 4.35. The van der Waals surface area contributed by atoms with E-state index in [2.05, 4.69) is 15.9 Å². The van der Waals surface area contributed by atoms with Crippen LogP contribution in [-0.4, -0.2) is 34.6 Å². The fourth-order valence-electron chi connectivity index (χ4n) is 2.01. The van der Waals surface area contributed by atoms with Crippen molar-refractivity contribution in [3.05, 3.63) is 40.4 Å². The summed E-state index contributed by atoms with van der Waals surface area (Å²) in [6, 6.07) is 7.73. The van der Waals surface area contributed by atoms with Gasteiger partial charge >= 0.3 is 0 Å². The first-order valence-electron chi connectivity index (χ1n) is 6.36. The third kappa shape index (κ3) is 3.07. The number of carbonyl (C=O) groups excluding carboxylic acids is 1. The number of β-amino-alcohol motifs (C(OH)–C–C–N with tert-alkyl or cyclic N) is 1. The van der Waals surface area contributed by atoms with Crippen LogP contribution in [0.25, 0.3) is 6.08 Å². The largest absolute Gasteiger partial charge is 0.386 e. The van der Waals surface area contributed by atoms with Crippen molar-refractivity contribution in [2.45, 2.75) is 19.4 Å². The molecule has 1 aromatic carbocycles. The topological polar surface area (TPSA) is 40.5 Å². The Hall–Kier alpha value is -1.13. The number of rotatable bonds is 3. The minimum Gasteiger partial charge on any atom is -0.386 e. The van der Waals surface area contributed by atoms with E-state index in [1.165, 1.54) is 0 Å². The van der Waals surface area contributed by atoms with Gasteiger partial charge < -0.3 is 10.0 Å². The van der Waals surface area contributed by atoms with Crippen molar-refractivity contribution in [1.29, 1.82) is 0 Å². The highest BCUT2D eigenvalue weighted by atomic mass is 79.9. The van der Waals surface area contributed by atoms with Crippen LogP contribution >= 0.6 is 15.9 Å². The van der Waals surface area contributed by atoms with Crippen LogP contribution in [0.2, 0.25) is 0 Å². The normalized spacial score (nSPS) is 17.8. The number of carbonyl (C=O) groups is 1. The minimum absolute atomic E-state index is 0.0546. The number of hydrogen-bond donors (Lipinski definition) is 1. The number of likely N-dealkylation sites (tertiary alicyclic amines) is 1. The summed E-state index contributed by atoms with van der Waals surface area (Å²) in [6.07, 6.45) is 3.35. The van der Waals surface area contributed by atoms with E-state index in [1.54, 1.807) is 17.1 Å². The molecule has 0 radical (unpaired) electrons. The Labute approximate surface area is 122 Å². The lowest BCUT2D eigenvalue weighted by Crippen LogP contribution is -2.65. The highest BCUT2D eigenvalue weighted by Gasteiger charge is 2.45. The Morgan fingerprint density at radius 1 is 1.42 bits per heavy atom. The first-order chi connectivity index (χ1) is 8.92. The molecule has 0 unspecified atom stereocenters. The van der Waals surface area contributed by atoms with E-state index in [0.717, 1.165) is 10.0 Å². The quantitative estimate of drug-likeness (QED) is 0.869. The van der Waals surface area contributed by atoms with Crippen molar-refractivity contribution in [3.8, 4) is 0 Å². The Morgan fingerprint density at radius 2 is 2.05 bits per heavy atom. The molecule has 4 heteroatoms. The van der Waals surface area contributed by atoms with E-state index < -0.39 is 5.60 Å². The van der Waals surface area contributed by atoms with E-state index in [9.17, 15) is 9.90 Å². The molecule has 0 atom stereocenters. The first-order valence-corrected chi connectivity index (χ1v) is 7.15. The molecule has 0 bridgehead atoms. The van der Waals surface area contributed by atoms with Gasteiger partial charge in [-0.05, 0) is 23.6 Å². The molecule has 102 valence electrons. The third-order valence-electron chi connectivity index (χ3n) is 3.63. The van der Waals surface area contributed by atoms with Crippen molar-refractivity contribution >= 4 is 27.9 Å². The van der Waals surface area contributed by atoms with Crippen molar-refractivity contribution < 1.29 is 9.90 Å². The van der Waals surface area contributed by atoms with Crippen molar-refractivity contribution in [2.75, 3.05) is 13.1 Å². The second-order valence-corrected chi connectivity index (χ2v) is 6.16. The van der Waals surface area contributed by atoms with E-state index in [-0.39, 0.29) is 11.8 Å². The van der Waals surface area contributed by atoms with Gasteiger partial charge in [-0.2, -0.15) is 0 Å². The number of aliphatic hydroxyl groups is 1. The summed E-state index contributed by atoms with van der Waals surface area (Å²) in [5, 5.41) is 10.1. The van der Waals surface area contributed by atoms with Gasteiger partial charge in [0, 0.05) is 10.5 Å². The fourth-order valence-corrected chi connectivity index (χ4v) is 2.43. The maximum atomic E-state index is 11.9. The summed E-state index contributed by atoms with van der Waals surface area (Å²) in [7, 11) is 0. The smallest absolute Gasteiger partial charge is 0.246 e. The highest BCUT2D eigenvalue weighted by Crippen LogP contribution is 2.28. The second-order valence-electron chi connectivity index (χ2n) is 5.31. The zero-order valence-corrected chi connectivity index (χ0v) is 12.7. The lowest BCUT2D eigenvalue weighted by molar-refractivity contribution is -0.158. The van der Waals surface area contributed by atoms with Gasteiger partial charge in [-0.3, -0.25) is 4.79 Å². The standard InChI is InChI=1S/C15H18BrNO2/c1-11(2)15(19)9-17(10-15)14(18)8-7-12-5-3-4-6-13(12)16/h3-8,11,19H,9-10H2,1-2H3. The predicted octanol–water partition coefficient (Wildman–Crippen LogP) is 2.69. The average Bonchev–Trinajstić information content (AvgIpc) is 2.33. The lowest BCUT2D eigenvalue weighted by Gasteiger charge is -2.48. The number of hydrogen-bond acceptors (Lipinski definition) is 2. The van der Waals surface area contributed by atoms with Crippen LogP contribution in [-0.2, 0) is 4.79 Å². The van der Waals surface area contributed by atoms with Crippen LogP contribution in [0, 0.1) is 5.92 Å². The molecule has 1 heterocycles. The van der Waals surface area contributed by atoms with Crippen LogP contribution in [0.5, 0.6) is 0 Å². The van der Waals surface area contributed by atoms with E-state index in [1.807, 2.05) is 38.1 Å². The molecule has 3 nitrogen and oxygen atoms in total. The van der Waals surface area contributed by atoms with Gasteiger partial charge in [0.1, 0.15) is 5.60 Å². The molecule has 0 aromatic heterocycles. The molecule has 0 saturated carbocycles. The Kier molecular flexibility index (Phi) is 4.11. The Morgan fingerprint density at radius 3 is 2.63 bits per heavy atom. The summed E-state index contributed by atoms with van der Waals surface area (Å²) < 4.78 is 0.960. The number of benzene rings is 1. The molecule has 1 aliphatic rings. The Balaban J connectivity index is 1.95. The zero-order valence-electron chi connectivity index (χ0n) is 11.1. The van der Waals surface area contributed by atoms with E-state index in [4.69, 9.17) is 0 Å². The van der Waals surface area contributed by atoms with Gasteiger partial charge in [0.15, 0.2) is 0 Å². The van der Waals surface area contributed by atoms with Gasteiger partial charge in [0.2, 0.25) is 5.91 Å². The molecule has 0 aliphatic carbocycles. The molecule has 0 spiro atoms. The molecule has 1 fully saturated rings. The summed E-state index contributed by atoms with van der Waals surface area (Å²) >= 11 is 3.44. The van der Waals surface area contributed by atoms with Crippen molar-refractivity contribution in [3.63, 3.8) is 0 Å². The van der Waals surface area contributed by atoms with Gasteiger partial charge in [0.25, 0.3) is 0 Å². The molecule has 1 saturated heterocycles. The molecule has 1 aromatic rings. The van der Waals surface area contributed by atoms with Crippen molar-refractivity contribution in [2.24, 2.45) is 5.92 Å². The second kappa shape index (κ2) is 5.47. The predicted molar refractivity (Wildman–Crippen MR) is 79.5 cm³/mol.